The van der Waals surface area contributed by atoms with Crippen molar-refractivity contribution in [3.8, 4) is 0 Å². The highest BCUT2D eigenvalue weighted by Gasteiger charge is 2.16. The standard InChI is InChI=1S/C26H43N2/c1-3-5-7-8-9-10-11-12-13-17-20-26-27(21-6-4-2)22-23-28(26)24-25-18-15-14-16-19-25/h14-16,18-19,22-23H,3-13,17,20-21,24H2,1-2H3/q+1. The van der Waals surface area contributed by atoms with Gasteiger partial charge in [0.05, 0.1) is 6.54 Å². The number of imidazole rings is 1. The van der Waals surface area contributed by atoms with Crippen molar-refractivity contribution in [1.29, 1.82) is 0 Å². The van der Waals surface area contributed by atoms with Gasteiger partial charge < -0.3 is 0 Å². The van der Waals surface area contributed by atoms with Crippen LogP contribution < -0.4 is 4.57 Å². The predicted octanol–water partition coefficient (Wildman–Crippen LogP) is 7.09. The third-order valence-electron chi connectivity index (χ3n) is 5.79. The summed E-state index contributed by atoms with van der Waals surface area (Å²) >= 11 is 0. The van der Waals surface area contributed by atoms with E-state index in [1.54, 1.807) is 0 Å². The Hall–Kier alpha value is -1.57. The molecule has 2 rings (SSSR count). The first-order valence-corrected chi connectivity index (χ1v) is 12.0. The Kier molecular flexibility index (Phi) is 11.7. The molecule has 0 amide bonds. The van der Waals surface area contributed by atoms with Crippen molar-refractivity contribution >= 4 is 0 Å². The fraction of sp³-hybridized carbons (Fsp3) is 0.654. The summed E-state index contributed by atoms with van der Waals surface area (Å²) in [5.41, 5.74) is 1.39. The lowest BCUT2D eigenvalue weighted by Crippen LogP contribution is -2.37. The van der Waals surface area contributed by atoms with E-state index in [0.29, 0.717) is 0 Å². The number of hydrogen-bond donors (Lipinski definition) is 0. The lowest BCUT2D eigenvalue weighted by atomic mass is 10.1. The molecule has 1 aromatic heterocycles. The molecule has 0 atom stereocenters. The van der Waals surface area contributed by atoms with Gasteiger partial charge in [-0.05, 0) is 18.4 Å². The lowest BCUT2D eigenvalue weighted by Gasteiger charge is -2.06. The molecule has 0 radical (unpaired) electrons. The molecule has 0 aliphatic heterocycles. The highest BCUT2D eigenvalue weighted by atomic mass is 15.1. The average Bonchev–Trinajstić information content (AvgIpc) is 3.10. The predicted molar refractivity (Wildman–Crippen MR) is 121 cm³/mol. The molecule has 2 nitrogen and oxygen atoms in total. The Labute approximate surface area is 174 Å². The van der Waals surface area contributed by atoms with E-state index in [0.717, 1.165) is 13.1 Å². The van der Waals surface area contributed by atoms with Gasteiger partial charge >= 0.3 is 0 Å². The summed E-state index contributed by atoms with van der Waals surface area (Å²) in [7, 11) is 0. The highest BCUT2D eigenvalue weighted by molar-refractivity contribution is 5.15. The molecule has 1 aromatic carbocycles. The molecule has 28 heavy (non-hydrogen) atoms. The Bertz CT molecular complexity index is 615. The second-order valence-electron chi connectivity index (χ2n) is 8.31. The van der Waals surface area contributed by atoms with Crippen molar-refractivity contribution in [2.75, 3.05) is 0 Å². The van der Waals surface area contributed by atoms with Crippen molar-refractivity contribution in [2.24, 2.45) is 0 Å². The number of aromatic nitrogens is 2. The number of nitrogens with zero attached hydrogens (tertiary/aromatic N) is 2. The van der Waals surface area contributed by atoms with Gasteiger partial charge in [-0.3, -0.25) is 0 Å². The summed E-state index contributed by atoms with van der Waals surface area (Å²) in [6.07, 6.45) is 22.4. The quantitative estimate of drug-likeness (QED) is 0.216. The summed E-state index contributed by atoms with van der Waals surface area (Å²) in [6.45, 7) is 6.73. The van der Waals surface area contributed by atoms with Gasteiger partial charge in [-0.15, -0.1) is 0 Å². The number of hydrogen-bond acceptors (Lipinski definition) is 0. The summed E-state index contributed by atoms with van der Waals surface area (Å²) in [5.74, 6) is 1.51. The monoisotopic (exact) mass is 383 g/mol. The van der Waals surface area contributed by atoms with Crippen LogP contribution in [0.1, 0.15) is 102 Å². The largest absolute Gasteiger partial charge is 0.256 e. The van der Waals surface area contributed by atoms with Gasteiger partial charge in [0.15, 0.2) is 0 Å². The van der Waals surface area contributed by atoms with E-state index in [4.69, 9.17) is 0 Å². The van der Waals surface area contributed by atoms with Crippen LogP contribution in [0.4, 0.5) is 0 Å². The minimum absolute atomic E-state index is 0.993. The molecule has 0 bridgehead atoms. The average molecular weight is 384 g/mol. The van der Waals surface area contributed by atoms with Gasteiger partial charge in [0.25, 0.3) is 5.82 Å². The third kappa shape index (κ3) is 8.63. The van der Waals surface area contributed by atoms with Crippen LogP contribution >= 0.6 is 0 Å². The molecule has 0 N–H and O–H groups in total. The second kappa shape index (κ2) is 14.4. The number of aryl methyl sites for hydroxylation is 1. The second-order valence-corrected chi connectivity index (χ2v) is 8.31. The number of unbranched alkanes of at least 4 members (excludes halogenated alkanes) is 10. The van der Waals surface area contributed by atoms with Gasteiger partial charge in [-0.2, -0.15) is 0 Å². The first-order valence-electron chi connectivity index (χ1n) is 12.0. The highest BCUT2D eigenvalue weighted by Crippen LogP contribution is 2.13. The van der Waals surface area contributed by atoms with Crippen LogP contribution in [-0.2, 0) is 19.5 Å². The molecule has 0 saturated heterocycles. The van der Waals surface area contributed by atoms with Crippen LogP contribution in [0.25, 0.3) is 0 Å². The normalized spacial score (nSPS) is 11.2. The van der Waals surface area contributed by atoms with E-state index >= 15 is 0 Å². The lowest BCUT2D eigenvalue weighted by molar-refractivity contribution is -0.704. The van der Waals surface area contributed by atoms with Gasteiger partial charge in [-0.25, -0.2) is 9.13 Å². The van der Waals surface area contributed by atoms with Crippen LogP contribution in [-0.4, -0.2) is 4.57 Å². The minimum Gasteiger partial charge on any atom is -0.234 e. The Morgan fingerprint density at radius 2 is 1.32 bits per heavy atom. The van der Waals surface area contributed by atoms with Crippen molar-refractivity contribution in [3.05, 3.63) is 54.1 Å². The molecular formula is C26H43N2+. The van der Waals surface area contributed by atoms with Gasteiger partial charge in [0.2, 0.25) is 0 Å². The fourth-order valence-corrected chi connectivity index (χ4v) is 4.01. The molecule has 0 fully saturated rings. The molecule has 0 spiro atoms. The van der Waals surface area contributed by atoms with Gasteiger partial charge in [0, 0.05) is 6.42 Å². The smallest absolute Gasteiger partial charge is 0.234 e. The number of benzene rings is 1. The van der Waals surface area contributed by atoms with Crippen LogP contribution in [0, 0.1) is 0 Å². The van der Waals surface area contributed by atoms with E-state index in [1.807, 2.05) is 0 Å². The Morgan fingerprint density at radius 1 is 0.714 bits per heavy atom. The van der Waals surface area contributed by atoms with Crippen molar-refractivity contribution in [2.45, 2.75) is 110 Å². The maximum absolute atomic E-state index is 2.50. The third-order valence-corrected chi connectivity index (χ3v) is 5.79. The zero-order valence-electron chi connectivity index (χ0n) is 18.5. The molecule has 2 aromatic rings. The molecule has 1 heterocycles. The Morgan fingerprint density at radius 3 is 1.96 bits per heavy atom. The summed E-state index contributed by atoms with van der Waals surface area (Å²) < 4.78 is 4.97. The maximum atomic E-state index is 2.50. The zero-order chi connectivity index (χ0) is 19.9. The SMILES string of the molecule is CCCCCCCCCCCCc1n(Cc2ccccc2)cc[n+]1CCCC. The fourth-order valence-electron chi connectivity index (χ4n) is 4.01. The molecule has 0 saturated carbocycles. The van der Waals surface area contributed by atoms with E-state index in [-0.39, 0.29) is 0 Å². The summed E-state index contributed by atoms with van der Waals surface area (Å²) in [6, 6.07) is 10.9. The van der Waals surface area contributed by atoms with Gasteiger partial charge in [-0.1, -0.05) is 108 Å². The summed E-state index contributed by atoms with van der Waals surface area (Å²) in [5, 5.41) is 0. The van der Waals surface area contributed by atoms with Crippen LogP contribution in [0.2, 0.25) is 0 Å². The minimum atomic E-state index is 0.993. The topological polar surface area (TPSA) is 8.81 Å². The van der Waals surface area contributed by atoms with Crippen LogP contribution in [0.5, 0.6) is 0 Å². The molecule has 0 unspecified atom stereocenters. The van der Waals surface area contributed by atoms with Crippen molar-refractivity contribution in [3.63, 3.8) is 0 Å². The van der Waals surface area contributed by atoms with Crippen LogP contribution in [0.15, 0.2) is 42.7 Å². The maximum Gasteiger partial charge on any atom is 0.256 e. The van der Waals surface area contributed by atoms with E-state index in [9.17, 15) is 0 Å². The van der Waals surface area contributed by atoms with Crippen LogP contribution in [0.3, 0.4) is 0 Å². The Balaban J connectivity index is 1.76. The molecule has 2 heteroatoms. The zero-order valence-corrected chi connectivity index (χ0v) is 18.5. The molecular weight excluding hydrogens is 340 g/mol. The van der Waals surface area contributed by atoms with Crippen molar-refractivity contribution in [1.82, 2.24) is 4.57 Å². The first-order chi connectivity index (χ1) is 13.8. The van der Waals surface area contributed by atoms with Gasteiger partial charge in [0.1, 0.15) is 18.9 Å². The summed E-state index contributed by atoms with van der Waals surface area (Å²) in [4.78, 5) is 0. The molecule has 0 aliphatic rings. The van der Waals surface area contributed by atoms with E-state index in [2.05, 4.69) is 65.7 Å². The molecule has 156 valence electrons. The van der Waals surface area contributed by atoms with Crippen molar-refractivity contribution < 1.29 is 4.57 Å². The molecule has 0 aliphatic carbocycles. The van der Waals surface area contributed by atoms with E-state index in [1.165, 1.54) is 94.9 Å². The van der Waals surface area contributed by atoms with E-state index < -0.39 is 0 Å². The number of rotatable bonds is 16. The first kappa shape index (κ1) is 22.7.